The van der Waals surface area contributed by atoms with E-state index in [4.69, 9.17) is 10.5 Å². The van der Waals surface area contributed by atoms with Gasteiger partial charge in [-0.15, -0.1) is 0 Å². The average molecular weight is 361 g/mol. The number of primary amides is 1. The first-order valence-corrected chi connectivity index (χ1v) is 9.01. The van der Waals surface area contributed by atoms with Crippen LogP contribution in [0.4, 0.5) is 4.79 Å². The normalized spacial score (nSPS) is 18.8. The number of carbonyl (C=O) groups is 3. The number of carbonyl (C=O) groups excluding carboxylic acids is 3. The van der Waals surface area contributed by atoms with Gasteiger partial charge in [0.05, 0.1) is 0 Å². The molecule has 1 fully saturated rings. The largest absolute Gasteiger partial charge is 0.445 e. The molecule has 0 aromatic heterocycles. The molecule has 0 unspecified atom stereocenters. The van der Waals surface area contributed by atoms with Gasteiger partial charge in [0, 0.05) is 6.54 Å². The molecule has 0 spiro atoms. The lowest BCUT2D eigenvalue weighted by Crippen LogP contribution is -2.55. The summed E-state index contributed by atoms with van der Waals surface area (Å²) in [5, 5.41) is 2.67. The van der Waals surface area contributed by atoms with Crippen molar-refractivity contribution in [3.05, 3.63) is 35.9 Å². The summed E-state index contributed by atoms with van der Waals surface area (Å²) < 4.78 is 5.23. The summed E-state index contributed by atoms with van der Waals surface area (Å²) in [5.74, 6) is -0.886. The van der Waals surface area contributed by atoms with Gasteiger partial charge in [-0.05, 0) is 24.3 Å². The zero-order chi connectivity index (χ0) is 19.1. The van der Waals surface area contributed by atoms with Gasteiger partial charge in [-0.1, -0.05) is 50.6 Å². The molecule has 142 valence electrons. The molecule has 2 rings (SSSR count). The van der Waals surface area contributed by atoms with Crippen LogP contribution in [0.15, 0.2) is 30.3 Å². The number of likely N-dealkylation sites (tertiary alicyclic amines) is 1. The minimum absolute atomic E-state index is 0.0964. The van der Waals surface area contributed by atoms with E-state index in [0.717, 1.165) is 12.0 Å². The van der Waals surface area contributed by atoms with Gasteiger partial charge < -0.3 is 20.7 Å². The fourth-order valence-corrected chi connectivity index (χ4v) is 3.08. The van der Waals surface area contributed by atoms with E-state index in [2.05, 4.69) is 5.32 Å². The number of hydrogen-bond donors (Lipinski definition) is 2. The van der Waals surface area contributed by atoms with Crippen LogP contribution in [0.2, 0.25) is 0 Å². The standard InChI is InChI=1S/C19H27N3O4/c1-3-13(2)16(18(24)22-11-7-10-15(22)17(20)23)21-19(25)26-12-14-8-5-4-6-9-14/h4-6,8-9,13,15-16H,3,7,10-12H2,1-2H3,(H2,20,23)(H,21,25)/t13-,15-,16-/m0/s1. The molecular weight excluding hydrogens is 334 g/mol. The second-order valence-corrected chi connectivity index (χ2v) is 6.66. The number of nitrogens with two attached hydrogens (primary N) is 1. The maximum Gasteiger partial charge on any atom is 0.408 e. The van der Waals surface area contributed by atoms with Crippen LogP contribution in [0.1, 0.15) is 38.7 Å². The predicted molar refractivity (Wildman–Crippen MR) is 96.9 cm³/mol. The van der Waals surface area contributed by atoms with Crippen LogP contribution in [-0.2, 0) is 20.9 Å². The van der Waals surface area contributed by atoms with Gasteiger partial charge >= 0.3 is 6.09 Å². The Morgan fingerprint density at radius 3 is 2.62 bits per heavy atom. The second kappa shape index (κ2) is 9.22. The van der Waals surface area contributed by atoms with Crippen LogP contribution >= 0.6 is 0 Å². The highest BCUT2D eigenvalue weighted by Gasteiger charge is 2.38. The molecule has 0 saturated carbocycles. The van der Waals surface area contributed by atoms with Crippen LogP contribution in [0.3, 0.4) is 0 Å². The van der Waals surface area contributed by atoms with Crippen LogP contribution < -0.4 is 11.1 Å². The Morgan fingerprint density at radius 1 is 1.31 bits per heavy atom. The Kier molecular flexibility index (Phi) is 7.00. The van der Waals surface area contributed by atoms with Crippen molar-refractivity contribution >= 4 is 17.9 Å². The average Bonchev–Trinajstić information content (AvgIpc) is 3.14. The topological polar surface area (TPSA) is 102 Å². The van der Waals surface area contributed by atoms with Crippen LogP contribution in [0.5, 0.6) is 0 Å². The van der Waals surface area contributed by atoms with Gasteiger partial charge in [0.2, 0.25) is 11.8 Å². The summed E-state index contributed by atoms with van der Waals surface area (Å²) >= 11 is 0. The molecule has 0 radical (unpaired) electrons. The zero-order valence-corrected chi connectivity index (χ0v) is 15.3. The lowest BCUT2D eigenvalue weighted by atomic mass is 9.97. The van der Waals surface area contributed by atoms with Gasteiger partial charge in [0.1, 0.15) is 18.7 Å². The van der Waals surface area contributed by atoms with Gasteiger partial charge in [-0.3, -0.25) is 9.59 Å². The highest BCUT2D eigenvalue weighted by Crippen LogP contribution is 2.21. The van der Waals surface area contributed by atoms with Crippen molar-refractivity contribution in [3.63, 3.8) is 0 Å². The lowest BCUT2D eigenvalue weighted by molar-refractivity contribution is -0.139. The SMILES string of the molecule is CC[C@H](C)[C@H](NC(=O)OCc1ccccc1)C(=O)N1CCC[C@H]1C(N)=O. The fraction of sp³-hybridized carbons (Fsp3) is 0.526. The van der Waals surface area contributed by atoms with Gasteiger partial charge in [-0.2, -0.15) is 0 Å². The Hall–Kier alpha value is -2.57. The van der Waals surface area contributed by atoms with Crippen LogP contribution in [-0.4, -0.2) is 41.4 Å². The Balaban J connectivity index is 2.01. The summed E-state index contributed by atoms with van der Waals surface area (Å²) in [7, 11) is 0. The van der Waals surface area contributed by atoms with Crippen molar-refractivity contribution < 1.29 is 19.1 Å². The highest BCUT2D eigenvalue weighted by atomic mass is 16.5. The van der Waals surface area contributed by atoms with Gasteiger partial charge in [0.25, 0.3) is 0 Å². The molecular formula is C19H27N3O4. The number of rotatable bonds is 7. The molecule has 1 aliphatic heterocycles. The number of amides is 3. The number of nitrogens with one attached hydrogen (secondary N) is 1. The summed E-state index contributed by atoms with van der Waals surface area (Å²) in [6.07, 6.45) is 1.34. The molecule has 0 aliphatic carbocycles. The Labute approximate surface area is 153 Å². The molecule has 1 aromatic carbocycles. The molecule has 1 aliphatic rings. The van der Waals surface area contributed by atoms with Crippen molar-refractivity contribution in [2.75, 3.05) is 6.54 Å². The first-order valence-electron chi connectivity index (χ1n) is 9.01. The second-order valence-electron chi connectivity index (χ2n) is 6.66. The highest BCUT2D eigenvalue weighted by molar-refractivity contribution is 5.91. The molecule has 7 heteroatoms. The van der Waals surface area contributed by atoms with Crippen molar-refractivity contribution in [1.82, 2.24) is 10.2 Å². The van der Waals surface area contributed by atoms with Crippen molar-refractivity contribution in [1.29, 1.82) is 0 Å². The maximum atomic E-state index is 12.9. The van der Waals surface area contributed by atoms with E-state index in [0.29, 0.717) is 19.4 Å². The molecule has 1 heterocycles. The third kappa shape index (κ3) is 4.97. The van der Waals surface area contributed by atoms with E-state index in [1.807, 2.05) is 44.2 Å². The Bertz CT molecular complexity index is 635. The molecule has 3 atom stereocenters. The summed E-state index contributed by atoms with van der Waals surface area (Å²) in [6.45, 7) is 4.43. The third-order valence-corrected chi connectivity index (χ3v) is 4.83. The van der Waals surface area contributed by atoms with E-state index in [1.54, 1.807) is 0 Å². The van der Waals surface area contributed by atoms with Crippen LogP contribution in [0.25, 0.3) is 0 Å². The van der Waals surface area contributed by atoms with Gasteiger partial charge in [-0.25, -0.2) is 4.79 Å². The van der Waals surface area contributed by atoms with E-state index in [1.165, 1.54) is 4.90 Å². The molecule has 3 amide bonds. The minimum atomic E-state index is -0.747. The number of benzene rings is 1. The monoisotopic (exact) mass is 361 g/mol. The van der Waals surface area contributed by atoms with Crippen molar-refractivity contribution in [2.45, 2.75) is 51.8 Å². The van der Waals surface area contributed by atoms with Crippen molar-refractivity contribution in [2.24, 2.45) is 11.7 Å². The number of nitrogens with zero attached hydrogens (tertiary/aromatic N) is 1. The minimum Gasteiger partial charge on any atom is -0.445 e. The predicted octanol–water partition coefficient (Wildman–Crippen LogP) is 1.80. The molecule has 1 aromatic rings. The summed E-state index contributed by atoms with van der Waals surface area (Å²) in [4.78, 5) is 38.2. The first-order chi connectivity index (χ1) is 12.4. The smallest absolute Gasteiger partial charge is 0.408 e. The number of ether oxygens (including phenoxy) is 1. The maximum absolute atomic E-state index is 12.9. The number of hydrogen-bond acceptors (Lipinski definition) is 4. The number of alkyl carbamates (subject to hydrolysis) is 1. The summed E-state index contributed by atoms with van der Waals surface area (Å²) in [5.41, 5.74) is 6.27. The molecule has 26 heavy (non-hydrogen) atoms. The third-order valence-electron chi connectivity index (χ3n) is 4.83. The zero-order valence-electron chi connectivity index (χ0n) is 15.3. The molecule has 3 N–H and O–H groups in total. The fourth-order valence-electron chi connectivity index (χ4n) is 3.08. The van der Waals surface area contributed by atoms with E-state index in [-0.39, 0.29) is 18.4 Å². The van der Waals surface area contributed by atoms with E-state index in [9.17, 15) is 14.4 Å². The van der Waals surface area contributed by atoms with E-state index >= 15 is 0 Å². The van der Waals surface area contributed by atoms with E-state index < -0.39 is 24.1 Å². The first kappa shape index (κ1) is 19.8. The lowest BCUT2D eigenvalue weighted by Gasteiger charge is -2.30. The molecule has 7 nitrogen and oxygen atoms in total. The van der Waals surface area contributed by atoms with Gasteiger partial charge in [0.15, 0.2) is 0 Å². The molecule has 1 saturated heterocycles. The van der Waals surface area contributed by atoms with Crippen LogP contribution in [0, 0.1) is 5.92 Å². The molecule has 0 bridgehead atoms. The Morgan fingerprint density at radius 2 is 2.00 bits per heavy atom. The quantitative estimate of drug-likeness (QED) is 0.773. The van der Waals surface area contributed by atoms with Crippen molar-refractivity contribution in [3.8, 4) is 0 Å². The summed E-state index contributed by atoms with van der Waals surface area (Å²) in [6, 6.07) is 7.96.